The normalized spacial score (nSPS) is 11.0. The number of pyridine rings is 1. The average Bonchev–Trinajstić information content (AvgIpc) is 3.43. The molecule has 1 amide bonds. The minimum atomic E-state index is -0.0984. The number of nitrogens with zero attached hydrogens (tertiary/aromatic N) is 5. The van der Waals surface area contributed by atoms with Crippen LogP contribution in [0.3, 0.4) is 0 Å². The van der Waals surface area contributed by atoms with E-state index in [4.69, 9.17) is 0 Å². The van der Waals surface area contributed by atoms with Gasteiger partial charge in [0.05, 0.1) is 5.75 Å². The first-order valence-electron chi connectivity index (χ1n) is 9.65. The Hall–Kier alpha value is -3.39. The van der Waals surface area contributed by atoms with Crippen molar-refractivity contribution in [3.05, 3.63) is 78.8 Å². The van der Waals surface area contributed by atoms with Crippen molar-refractivity contribution in [1.82, 2.24) is 24.5 Å². The first-order chi connectivity index (χ1) is 14.6. The predicted octanol–water partition coefficient (Wildman–Crippen LogP) is 4.31. The molecule has 0 fully saturated rings. The SMILES string of the molecule is CC(C)c1ccc(NC(=O)CSc2nnc(-c3ccccn3)n2-n2cccc2)cc1. The monoisotopic (exact) mass is 418 g/mol. The van der Waals surface area contributed by atoms with Gasteiger partial charge in [-0.1, -0.05) is 43.8 Å². The van der Waals surface area contributed by atoms with Gasteiger partial charge in [0.1, 0.15) is 5.69 Å². The molecule has 8 heteroatoms. The number of thioether (sulfide) groups is 1. The van der Waals surface area contributed by atoms with Gasteiger partial charge in [-0.05, 0) is 47.9 Å². The van der Waals surface area contributed by atoms with Crippen molar-refractivity contribution in [2.24, 2.45) is 0 Å². The van der Waals surface area contributed by atoms with Crippen molar-refractivity contribution in [2.75, 3.05) is 11.1 Å². The van der Waals surface area contributed by atoms with Gasteiger partial charge < -0.3 is 5.32 Å². The lowest BCUT2D eigenvalue weighted by atomic mass is 10.0. The fourth-order valence-corrected chi connectivity index (χ4v) is 3.69. The van der Waals surface area contributed by atoms with Gasteiger partial charge in [0.15, 0.2) is 0 Å². The number of hydrogen-bond acceptors (Lipinski definition) is 5. The molecule has 0 atom stereocenters. The van der Waals surface area contributed by atoms with Gasteiger partial charge in [0, 0.05) is 24.3 Å². The van der Waals surface area contributed by atoms with Crippen LogP contribution >= 0.6 is 11.8 Å². The van der Waals surface area contributed by atoms with Crippen LogP contribution in [0.1, 0.15) is 25.3 Å². The molecule has 30 heavy (non-hydrogen) atoms. The highest BCUT2D eigenvalue weighted by molar-refractivity contribution is 7.99. The van der Waals surface area contributed by atoms with Crippen molar-refractivity contribution in [3.8, 4) is 11.5 Å². The average molecular weight is 419 g/mol. The number of carbonyl (C=O) groups is 1. The van der Waals surface area contributed by atoms with Gasteiger partial charge in [0.2, 0.25) is 16.9 Å². The Labute approximate surface area is 179 Å². The zero-order chi connectivity index (χ0) is 20.9. The zero-order valence-corrected chi connectivity index (χ0v) is 17.6. The Balaban J connectivity index is 1.49. The summed E-state index contributed by atoms with van der Waals surface area (Å²) in [7, 11) is 0. The van der Waals surface area contributed by atoms with E-state index in [0.29, 0.717) is 22.6 Å². The smallest absolute Gasteiger partial charge is 0.234 e. The molecule has 1 N–H and O–H groups in total. The molecule has 0 saturated carbocycles. The number of carbonyl (C=O) groups excluding carboxylic acids is 1. The quantitative estimate of drug-likeness (QED) is 0.453. The number of rotatable bonds is 7. The van der Waals surface area contributed by atoms with Crippen molar-refractivity contribution >= 4 is 23.4 Å². The molecule has 0 spiro atoms. The van der Waals surface area contributed by atoms with E-state index >= 15 is 0 Å². The number of amides is 1. The Kier molecular flexibility index (Phi) is 5.94. The maximum Gasteiger partial charge on any atom is 0.234 e. The standard InChI is InChI=1S/C22H22N6OS/c1-16(2)17-8-10-18(11-9-17)24-20(29)15-30-22-26-25-21(19-7-3-4-12-23-19)28(22)27-13-5-6-14-27/h3-14,16H,15H2,1-2H3,(H,24,29). The molecular formula is C22H22N6OS. The maximum atomic E-state index is 12.5. The van der Waals surface area contributed by atoms with E-state index in [1.54, 1.807) is 6.20 Å². The molecule has 0 saturated heterocycles. The Morgan fingerprint density at radius 1 is 1.03 bits per heavy atom. The topological polar surface area (TPSA) is 77.6 Å². The van der Waals surface area contributed by atoms with Crippen LogP contribution in [0, 0.1) is 0 Å². The molecule has 1 aromatic carbocycles. The highest BCUT2D eigenvalue weighted by atomic mass is 32.2. The first kappa shape index (κ1) is 19.9. The molecule has 0 aliphatic heterocycles. The molecule has 4 rings (SSSR count). The van der Waals surface area contributed by atoms with Crippen LogP contribution in [0.5, 0.6) is 0 Å². The van der Waals surface area contributed by atoms with E-state index in [1.807, 2.05) is 76.3 Å². The lowest BCUT2D eigenvalue weighted by molar-refractivity contribution is -0.113. The molecule has 0 aliphatic carbocycles. The van der Waals surface area contributed by atoms with Crippen molar-refractivity contribution in [3.63, 3.8) is 0 Å². The number of nitrogens with one attached hydrogen (secondary N) is 1. The second-order valence-electron chi connectivity index (χ2n) is 7.01. The summed E-state index contributed by atoms with van der Waals surface area (Å²) in [5, 5.41) is 12.1. The van der Waals surface area contributed by atoms with Crippen LogP contribution < -0.4 is 5.32 Å². The van der Waals surface area contributed by atoms with Gasteiger partial charge in [-0.3, -0.25) is 14.5 Å². The van der Waals surface area contributed by atoms with Gasteiger partial charge in [-0.2, -0.15) is 0 Å². The third kappa shape index (κ3) is 4.44. The van der Waals surface area contributed by atoms with Crippen LogP contribution in [-0.4, -0.2) is 36.2 Å². The van der Waals surface area contributed by atoms with Crippen LogP contribution in [0.15, 0.2) is 78.3 Å². The van der Waals surface area contributed by atoms with Gasteiger partial charge >= 0.3 is 0 Å². The van der Waals surface area contributed by atoms with Gasteiger partial charge in [-0.25, -0.2) is 4.68 Å². The molecule has 3 heterocycles. The molecule has 3 aromatic heterocycles. The first-order valence-corrected chi connectivity index (χ1v) is 10.6. The highest BCUT2D eigenvalue weighted by Gasteiger charge is 2.17. The summed E-state index contributed by atoms with van der Waals surface area (Å²) in [5.74, 6) is 1.18. The van der Waals surface area contributed by atoms with E-state index in [0.717, 1.165) is 5.69 Å². The Morgan fingerprint density at radius 3 is 2.47 bits per heavy atom. The fraction of sp³-hybridized carbons (Fsp3) is 0.182. The minimum absolute atomic E-state index is 0.0984. The van der Waals surface area contributed by atoms with E-state index in [2.05, 4.69) is 34.3 Å². The maximum absolute atomic E-state index is 12.5. The van der Waals surface area contributed by atoms with Crippen LogP contribution in [0.4, 0.5) is 5.69 Å². The number of hydrogen-bond donors (Lipinski definition) is 1. The summed E-state index contributed by atoms with van der Waals surface area (Å²) >= 11 is 1.32. The predicted molar refractivity (Wildman–Crippen MR) is 118 cm³/mol. The summed E-state index contributed by atoms with van der Waals surface area (Å²) < 4.78 is 3.71. The van der Waals surface area contributed by atoms with Crippen LogP contribution in [-0.2, 0) is 4.79 Å². The summed E-state index contributed by atoms with van der Waals surface area (Å²) in [6.45, 7) is 4.29. The second-order valence-corrected chi connectivity index (χ2v) is 7.95. The molecule has 7 nitrogen and oxygen atoms in total. The largest absolute Gasteiger partial charge is 0.325 e. The van der Waals surface area contributed by atoms with Crippen LogP contribution in [0.2, 0.25) is 0 Å². The summed E-state index contributed by atoms with van der Waals surface area (Å²) in [6.07, 6.45) is 5.52. The van der Waals surface area contributed by atoms with Gasteiger partial charge in [-0.15, -0.1) is 10.2 Å². The van der Waals surface area contributed by atoms with Crippen molar-refractivity contribution in [2.45, 2.75) is 24.9 Å². The second kappa shape index (κ2) is 8.96. The molecule has 0 aliphatic rings. The third-order valence-corrected chi connectivity index (χ3v) is 5.44. The number of aromatic nitrogens is 5. The van der Waals surface area contributed by atoms with Crippen LogP contribution in [0.25, 0.3) is 11.5 Å². The van der Waals surface area contributed by atoms with Crippen molar-refractivity contribution in [1.29, 1.82) is 0 Å². The molecule has 4 aromatic rings. The molecule has 0 radical (unpaired) electrons. The minimum Gasteiger partial charge on any atom is -0.325 e. The fourth-order valence-electron chi connectivity index (χ4n) is 2.96. The summed E-state index contributed by atoms with van der Waals surface area (Å²) in [5.41, 5.74) is 2.73. The Morgan fingerprint density at radius 2 is 1.80 bits per heavy atom. The third-order valence-electron chi connectivity index (χ3n) is 4.52. The van der Waals surface area contributed by atoms with E-state index < -0.39 is 0 Å². The number of anilines is 1. The highest BCUT2D eigenvalue weighted by Crippen LogP contribution is 2.23. The zero-order valence-electron chi connectivity index (χ0n) is 16.8. The summed E-state index contributed by atoms with van der Waals surface area (Å²) in [6, 6.07) is 17.4. The molecular weight excluding hydrogens is 396 g/mol. The Bertz CT molecular complexity index is 1100. The number of benzene rings is 1. The molecule has 152 valence electrons. The van der Waals surface area contributed by atoms with E-state index in [-0.39, 0.29) is 11.7 Å². The van der Waals surface area contributed by atoms with E-state index in [1.165, 1.54) is 17.3 Å². The van der Waals surface area contributed by atoms with E-state index in [9.17, 15) is 4.79 Å². The summed E-state index contributed by atoms with van der Waals surface area (Å²) in [4.78, 5) is 16.8. The molecule has 0 unspecified atom stereocenters. The lowest BCUT2D eigenvalue weighted by Crippen LogP contribution is -2.16. The van der Waals surface area contributed by atoms with Crippen molar-refractivity contribution < 1.29 is 4.79 Å². The van der Waals surface area contributed by atoms with Gasteiger partial charge in [0.25, 0.3) is 0 Å². The lowest BCUT2D eigenvalue weighted by Gasteiger charge is -2.11. The molecule has 0 bridgehead atoms.